The van der Waals surface area contributed by atoms with E-state index in [1.54, 1.807) is 0 Å². The van der Waals surface area contributed by atoms with Gasteiger partial charge in [-0.05, 0) is 36.7 Å². The summed E-state index contributed by atoms with van der Waals surface area (Å²) in [4.78, 5) is 38.1. The predicted molar refractivity (Wildman–Crippen MR) is 144 cm³/mol. The smallest absolute Gasteiger partial charge is 0.407 e. The van der Waals surface area contributed by atoms with Gasteiger partial charge < -0.3 is 31.2 Å². The highest BCUT2D eigenvalue weighted by atomic mass is 16.6. The summed E-state index contributed by atoms with van der Waals surface area (Å²) in [5.41, 5.74) is 6.83. The van der Waals surface area contributed by atoms with E-state index < -0.39 is 18.1 Å². The highest BCUT2D eigenvalue weighted by molar-refractivity contribution is 5.89. The molecule has 0 radical (unpaired) electrons. The predicted octanol–water partition coefficient (Wildman–Crippen LogP) is 3.12. The number of epoxide rings is 1. The number of nitrogens with one attached hydrogen (secondary N) is 3. The van der Waals surface area contributed by atoms with Gasteiger partial charge in [0, 0.05) is 13.1 Å². The van der Waals surface area contributed by atoms with E-state index in [-0.39, 0.29) is 43.0 Å². The number of amides is 3. The highest BCUT2D eigenvalue weighted by Gasteiger charge is 2.37. The number of hydrogen-bond donors (Lipinski definition) is 4. The molecule has 1 aliphatic heterocycles. The highest BCUT2D eigenvalue weighted by Crippen LogP contribution is 2.21. The molecule has 0 aromatic heterocycles. The first-order chi connectivity index (χ1) is 17.7. The van der Waals surface area contributed by atoms with Crippen molar-refractivity contribution in [3.8, 4) is 0 Å². The molecule has 0 spiro atoms. The quantitative estimate of drug-likeness (QED) is 0.185. The molecule has 1 unspecified atom stereocenters. The maximum atomic E-state index is 13.2. The third kappa shape index (κ3) is 11.5. The molecule has 0 aliphatic carbocycles. The summed E-state index contributed by atoms with van der Waals surface area (Å²) in [6, 6.07) is 8.81. The molecule has 1 aromatic rings. The Kier molecular flexibility index (Phi) is 13.4. The molecular weight excluding hydrogens is 472 g/mol. The van der Waals surface area contributed by atoms with Crippen LogP contribution in [0.4, 0.5) is 4.79 Å². The van der Waals surface area contributed by atoms with Crippen molar-refractivity contribution in [1.29, 1.82) is 0 Å². The van der Waals surface area contributed by atoms with Crippen molar-refractivity contribution in [2.45, 2.75) is 84.6 Å². The summed E-state index contributed by atoms with van der Waals surface area (Å²) in [5, 5.41) is 8.82. The fourth-order valence-corrected chi connectivity index (χ4v) is 4.18. The minimum absolute atomic E-state index is 0.0201. The van der Waals surface area contributed by atoms with Gasteiger partial charge in [0.05, 0.1) is 18.6 Å². The molecule has 9 heteroatoms. The van der Waals surface area contributed by atoms with E-state index in [1.807, 2.05) is 44.2 Å². The average molecular weight is 519 g/mol. The molecule has 1 saturated heterocycles. The van der Waals surface area contributed by atoms with Gasteiger partial charge in [-0.15, -0.1) is 0 Å². The monoisotopic (exact) mass is 518 g/mol. The molecule has 208 valence electrons. The van der Waals surface area contributed by atoms with Crippen LogP contribution in [-0.4, -0.2) is 55.8 Å². The van der Waals surface area contributed by atoms with Crippen LogP contribution in [0.3, 0.4) is 0 Å². The van der Waals surface area contributed by atoms with Crippen molar-refractivity contribution in [3.63, 3.8) is 0 Å². The Morgan fingerprint density at radius 3 is 2.38 bits per heavy atom. The van der Waals surface area contributed by atoms with Crippen LogP contribution >= 0.6 is 0 Å². The van der Waals surface area contributed by atoms with E-state index in [4.69, 9.17) is 15.2 Å². The van der Waals surface area contributed by atoms with E-state index in [9.17, 15) is 14.4 Å². The lowest BCUT2D eigenvalue weighted by Crippen LogP contribution is -2.55. The second-order valence-corrected chi connectivity index (χ2v) is 10.4. The zero-order chi connectivity index (χ0) is 27.2. The van der Waals surface area contributed by atoms with Crippen LogP contribution < -0.4 is 21.7 Å². The molecule has 5 atom stereocenters. The second-order valence-electron chi connectivity index (χ2n) is 10.4. The summed E-state index contributed by atoms with van der Waals surface area (Å²) in [6.07, 6.45) is 3.15. The maximum absolute atomic E-state index is 13.2. The largest absolute Gasteiger partial charge is 0.445 e. The van der Waals surface area contributed by atoms with Crippen molar-refractivity contribution >= 4 is 17.9 Å². The number of hydrogen-bond acceptors (Lipinski definition) is 6. The maximum Gasteiger partial charge on any atom is 0.407 e. The molecule has 0 saturated carbocycles. The lowest BCUT2D eigenvalue weighted by molar-refractivity contribution is -0.132. The molecule has 2 rings (SSSR count). The molecule has 1 fully saturated rings. The minimum atomic E-state index is -0.624. The van der Waals surface area contributed by atoms with Crippen LogP contribution in [0.25, 0.3) is 0 Å². The Bertz CT molecular complexity index is 831. The van der Waals surface area contributed by atoms with Crippen molar-refractivity contribution in [1.82, 2.24) is 16.0 Å². The van der Waals surface area contributed by atoms with Gasteiger partial charge >= 0.3 is 6.09 Å². The van der Waals surface area contributed by atoms with E-state index in [2.05, 4.69) is 29.8 Å². The van der Waals surface area contributed by atoms with E-state index in [0.29, 0.717) is 38.3 Å². The van der Waals surface area contributed by atoms with E-state index in [1.165, 1.54) is 0 Å². The van der Waals surface area contributed by atoms with Crippen LogP contribution in [0.1, 0.15) is 65.4 Å². The molecule has 3 amide bonds. The first kappa shape index (κ1) is 30.6. The normalized spacial score (nSPS) is 17.8. The lowest BCUT2D eigenvalue weighted by atomic mass is 9.94. The summed E-state index contributed by atoms with van der Waals surface area (Å²) in [6.45, 7) is 9.73. The third-order valence-electron chi connectivity index (χ3n) is 6.77. The van der Waals surface area contributed by atoms with Crippen molar-refractivity contribution in [2.75, 3.05) is 19.7 Å². The molecule has 37 heavy (non-hydrogen) atoms. The van der Waals surface area contributed by atoms with Crippen LogP contribution in [0.2, 0.25) is 0 Å². The van der Waals surface area contributed by atoms with Crippen molar-refractivity contribution < 1.29 is 23.9 Å². The van der Waals surface area contributed by atoms with Gasteiger partial charge in [0.25, 0.3) is 0 Å². The number of ether oxygens (including phenoxy) is 2. The zero-order valence-electron chi connectivity index (χ0n) is 22.8. The van der Waals surface area contributed by atoms with Crippen LogP contribution in [-0.2, 0) is 25.7 Å². The molecule has 0 bridgehead atoms. The van der Waals surface area contributed by atoms with Gasteiger partial charge in [0.1, 0.15) is 18.8 Å². The Balaban J connectivity index is 1.76. The van der Waals surface area contributed by atoms with Gasteiger partial charge in [0.2, 0.25) is 11.8 Å². The number of alkyl carbamates (subject to hydrolysis) is 1. The second kappa shape index (κ2) is 16.2. The summed E-state index contributed by atoms with van der Waals surface area (Å²) >= 11 is 0. The van der Waals surface area contributed by atoms with Crippen molar-refractivity contribution in [2.24, 2.45) is 23.5 Å². The summed E-state index contributed by atoms with van der Waals surface area (Å²) < 4.78 is 10.6. The zero-order valence-corrected chi connectivity index (χ0v) is 22.8. The van der Waals surface area contributed by atoms with Gasteiger partial charge in [-0.25, -0.2) is 4.79 Å². The van der Waals surface area contributed by atoms with Gasteiger partial charge in [-0.1, -0.05) is 70.9 Å². The standard InChI is InChI=1S/C28H46N4O5/c1-5-20(4)25(27(34)31-23(15-19(2)3)24-18-36-24)32-26(33)22(16-29)13-9-10-14-30-28(35)37-17-21-11-7-6-8-12-21/h6-8,11-12,19-20,22-25H,5,9-10,13-18,29H2,1-4H3,(H,30,35)(H,31,34)(H,32,33)/t20?,22-,23+,24-,25+/m1/s1. The van der Waals surface area contributed by atoms with Crippen LogP contribution in [0.5, 0.6) is 0 Å². The molecule has 1 aromatic carbocycles. The number of nitrogens with two attached hydrogens (primary N) is 1. The summed E-state index contributed by atoms with van der Waals surface area (Å²) in [7, 11) is 0. The van der Waals surface area contributed by atoms with Gasteiger partial charge in [0.15, 0.2) is 0 Å². The molecule has 1 aliphatic rings. The minimum Gasteiger partial charge on any atom is -0.445 e. The number of carbonyl (C=O) groups excluding carboxylic acids is 3. The number of unbranched alkanes of at least 4 members (excludes halogenated alkanes) is 1. The Morgan fingerprint density at radius 1 is 1.08 bits per heavy atom. The molecule has 5 N–H and O–H groups in total. The fourth-order valence-electron chi connectivity index (χ4n) is 4.18. The third-order valence-corrected chi connectivity index (χ3v) is 6.77. The van der Waals surface area contributed by atoms with Crippen molar-refractivity contribution in [3.05, 3.63) is 35.9 Å². The van der Waals surface area contributed by atoms with E-state index >= 15 is 0 Å². The molecule has 9 nitrogen and oxygen atoms in total. The summed E-state index contributed by atoms with van der Waals surface area (Å²) in [5.74, 6) is -0.372. The topological polar surface area (TPSA) is 135 Å². The number of carbonyl (C=O) groups is 3. The lowest BCUT2D eigenvalue weighted by Gasteiger charge is -2.28. The van der Waals surface area contributed by atoms with Gasteiger partial charge in [-0.2, -0.15) is 0 Å². The van der Waals surface area contributed by atoms with Crippen LogP contribution in [0, 0.1) is 17.8 Å². The van der Waals surface area contributed by atoms with E-state index in [0.717, 1.165) is 18.4 Å². The Labute approximate surface area is 221 Å². The Morgan fingerprint density at radius 2 is 1.78 bits per heavy atom. The first-order valence-corrected chi connectivity index (χ1v) is 13.6. The van der Waals surface area contributed by atoms with Crippen LogP contribution in [0.15, 0.2) is 30.3 Å². The fraction of sp³-hybridized carbons (Fsp3) is 0.679. The average Bonchev–Trinajstić information content (AvgIpc) is 3.73. The SMILES string of the molecule is CCC(C)[C@H](NC(=O)[C@@H](CN)CCCCNC(=O)OCc1ccccc1)C(=O)N[C@@H](CC(C)C)[C@H]1CO1. The van der Waals surface area contributed by atoms with Gasteiger partial charge in [-0.3, -0.25) is 9.59 Å². The number of rotatable bonds is 17. The molecular formula is C28H46N4O5. The molecule has 1 heterocycles. The number of benzene rings is 1. The first-order valence-electron chi connectivity index (χ1n) is 13.6. The Hall–Kier alpha value is -2.65.